The SMILES string of the molecule is CC1CN(C(=O)C2=CSC34CC=CC=C3N=CC=C24)CCN1. The molecule has 0 aromatic heterocycles. The molecule has 4 nitrogen and oxygen atoms in total. The lowest BCUT2D eigenvalue weighted by Crippen LogP contribution is -2.52. The van der Waals surface area contributed by atoms with Gasteiger partial charge in [-0.3, -0.25) is 9.79 Å². The number of amides is 1. The first-order valence-corrected chi connectivity index (χ1v) is 8.62. The molecule has 114 valence electrons. The van der Waals surface area contributed by atoms with Gasteiger partial charge in [0.05, 0.1) is 16.0 Å². The molecule has 1 amide bonds. The molecule has 0 radical (unpaired) electrons. The molecular formula is C17H19N3OS. The zero-order valence-electron chi connectivity index (χ0n) is 12.6. The second-order valence-corrected chi connectivity index (χ2v) is 7.29. The van der Waals surface area contributed by atoms with Gasteiger partial charge in [0.1, 0.15) is 0 Å². The summed E-state index contributed by atoms with van der Waals surface area (Å²) in [6.07, 6.45) is 11.0. The van der Waals surface area contributed by atoms with Crippen molar-refractivity contribution in [3.8, 4) is 0 Å². The zero-order chi connectivity index (χ0) is 15.2. The number of thioether (sulfide) groups is 1. The highest BCUT2D eigenvalue weighted by atomic mass is 32.2. The lowest BCUT2D eigenvalue weighted by Gasteiger charge is -2.36. The number of rotatable bonds is 1. The van der Waals surface area contributed by atoms with E-state index in [1.54, 1.807) is 11.8 Å². The Balaban J connectivity index is 1.63. The van der Waals surface area contributed by atoms with Crippen LogP contribution in [-0.4, -0.2) is 47.4 Å². The maximum atomic E-state index is 13.0. The smallest absolute Gasteiger partial charge is 0.254 e. The van der Waals surface area contributed by atoms with Gasteiger partial charge in [0, 0.05) is 31.9 Å². The molecule has 0 aromatic rings. The molecule has 1 saturated heterocycles. The van der Waals surface area contributed by atoms with Crippen LogP contribution in [0, 0.1) is 0 Å². The van der Waals surface area contributed by atoms with Gasteiger partial charge >= 0.3 is 0 Å². The predicted octanol–water partition coefficient (Wildman–Crippen LogP) is 2.03. The minimum Gasteiger partial charge on any atom is -0.336 e. The minimum absolute atomic E-state index is 0.160. The first-order valence-electron chi connectivity index (χ1n) is 7.74. The summed E-state index contributed by atoms with van der Waals surface area (Å²) in [4.78, 5) is 19.5. The van der Waals surface area contributed by atoms with Gasteiger partial charge in [0.25, 0.3) is 5.91 Å². The van der Waals surface area contributed by atoms with Crippen molar-refractivity contribution >= 4 is 23.9 Å². The quantitative estimate of drug-likeness (QED) is 0.805. The molecule has 1 fully saturated rings. The summed E-state index contributed by atoms with van der Waals surface area (Å²) in [6.45, 7) is 4.55. The van der Waals surface area contributed by atoms with Gasteiger partial charge in [-0.2, -0.15) is 0 Å². The topological polar surface area (TPSA) is 44.7 Å². The fourth-order valence-electron chi connectivity index (χ4n) is 3.51. The van der Waals surface area contributed by atoms with Crippen molar-refractivity contribution in [2.24, 2.45) is 4.99 Å². The van der Waals surface area contributed by atoms with Crippen LogP contribution in [0.2, 0.25) is 0 Å². The Morgan fingerprint density at radius 3 is 3.27 bits per heavy atom. The van der Waals surface area contributed by atoms with Crippen LogP contribution in [0.4, 0.5) is 0 Å². The number of piperazine rings is 1. The highest BCUT2D eigenvalue weighted by molar-refractivity contribution is 8.04. The van der Waals surface area contributed by atoms with E-state index in [1.807, 2.05) is 22.6 Å². The Hall–Kier alpha value is -1.59. The molecule has 3 aliphatic heterocycles. The molecule has 0 bridgehead atoms. The summed E-state index contributed by atoms with van der Waals surface area (Å²) >= 11 is 1.73. The molecule has 1 aliphatic carbocycles. The van der Waals surface area contributed by atoms with Crippen molar-refractivity contribution in [3.05, 3.63) is 46.6 Å². The molecule has 0 saturated carbocycles. The van der Waals surface area contributed by atoms with Crippen LogP contribution in [0.25, 0.3) is 0 Å². The van der Waals surface area contributed by atoms with E-state index in [4.69, 9.17) is 0 Å². The van der Waals surface area contributed by atoms with Gasteiger partial charge in [-0.05, 0) is 36.5 Å². The molecule has 0 aromatic carbocycles. The van der Waals surface area contributed by atoms with E-state index in [2.05, 4.69) is 35.5 Å². The summed E-state index contributed by atoms with van der Waals surface area (Å²) in [7, 11) is 0. The molecule has 3 heterocycles. The third-order valence-corrected chi connectivity index (χ3v) is 6.01. The van der Waals surface area contributed by atoms with E-state index >= 15 is 0 Å². The fraction of sp³-hybridized carbons (Fsp3) is 0.412. The van der Waals surface area contributed by atoms with Gasteiger partial charge < -0.3 is 10.2 Å². The largest absolute Gasteiger partial charge is 0.336 e. The predicted molar refractivity (Wildman–Crippen MR) is 90.9 cm³/mol. The highest BCUT2D eigenvalue weighted by Gasteiger charge is 2.47. The lowest BCUT2D eigenvalue weighted by molar-refractivity contribution is -0.127. The zero-order valence-corrected chi connectivity index (χ0v) is 13.4. The van der Waals surface area contributed by atoms with E-state index in [1.165, 1.54) is 0 Å². The molecule has 2 unspecified atom stereocenters. The standard InChI is InChI=1S/C17H19N3OS/c1-12-10-20(9-8-18-12)16(21)13-11-22-17-6-3-2-4-15(17)19-7-5-14(13)17/h2-5,7,11-12,18H,6,8-10H2,1H3. The van der Waals surface area contributed by atoms with Gasteiger partial charge in [-0.15, -0.1) is 11.8 Å². The van der Waals surface area contributed by atoms with Crippen LogP contribution in [0.1, 0.15) is 13.3 Å². The maximum absolute atomic E-state index is 13.0. The third-order valence-electron chi connectivity index (χ3n) is 4.65. The Bertz CT molecular complexity index is 673. The second-order valence-electron chi connectivity index (χ2n) is 6.13. The van der Waals surface area contributed by atoms with E-state index in [-0.39, 0.29) is 10.7 Å². The third kappa shape index (κ3) is 2.03. The molecule has 22 heavy (non-hydrogen) atoms. The van der Waals surface area contributed by atoms with Crippen molar-refractivity contribution < 1.29 is 4.79 Å². The summed E-state index contributed by atoms with van der Waals surface area (Å²) in [5, 5.41) is 5.43. The summed E-state index contributed by atoms with van der Waals surface area (Å²) in [5.74, 6) is 0.160. The first kappa shape index (κ1) is 14.0. The Morgan fingerprint density at radius 2 is 2.41 bits per heavy atom. The van der Waals surface area contributed by atoms with Crippen molar-refractivity contribution in [1.82, 2.24) is 10.2 Å². The summed E-state index contributed by atoms with van der Waals surface area (Å²) < 4.78 is -0.172. The van der Waals surface area contributed by atoms with E-state index in [0.717, 1.165) is 42.9 Å². The molecule has 2 atom stereocenters. The number of carbonyl (C=O) groups excluding carboxylic acids is 1. The molecule has 1 N–H and O–H groups in total. The molecule has 1 spiro atoms. The van der Waals surface area contributed by atoms with Crippen LogP contribution < -0.4 is 5.32 Å². The van der Waals surface area contributed by atoms with Gasteiger partial charge in [0.2, 0.25) is 0 Å². The van der Waals surface area contributed by atoms with Crippen LogP contribution >= 0.6 is 11.8 Å². The van der Waals surface area contributed by atoms with E-state index < -0.39 is 0 Å². The minimum atomic E-state index is -0.172. The number of aliphatic imine (C=N–C) groups is 1. The van der Waals surface area contributed by atoms with Crippen LogP contribution in [-0.2, 0) is 4.79 Å². The fourth-order valence-corrected chi connectivity index (χ4v) is 4.80. The van der Waals surface area contributed by atoms with Crippen molar-refractivity contribution in [2.75, 3.05) is 19.6 Å². The van der Waals surface area contributed by atoms with Gasteiger partial charge in [-0.1, -0.05) is 12.2 Å². The van der Waals surface area contributed by atoms with Crippen molar-refractivity contribution in [2.45, 2.75) is 24.1 Å². The second kappa shape index (κ2) is 5.25. The monoisotopic (exact) mass is 313 g/mol. The number of carbonyl (C=O) groups is 1. The number of hydrogen-bond acceptors (Lipinski definition) is 4. The normalized spacial score (nSPS) is 32.9. The van der Waals surface area contributed by atoms with Gasteiger partial charge in [0.15, 0.2) is 0 Å². The molecule has 5 heteroatoms. The molecular weight excluding hydrogens is 294 g/mol. The Morgan fingerprint density at radius 1 is 1.50 bits per heavy atom. The van der Waals surface area contributed by atoms with Gasteiger partial charge in [-0.25, -0.2) is 0 Å². The summed E-state index contributed by atoms with van der Waals surface area (Å²) in [6, 6.07) is 0.358. The van der Waals surface area contributed by atoms with Crippen LogP contribution in [0.15, 0.2) is 51.5 Å². The Kier molecular flexibility index (Phi) is 3.35. The Labute approximate surface area is 134 Å². The molecule has 4 rings (SSSR count). The number of hydrogen-bond donors (Lipinski definition) is 1. The lowest BCUT2D eigenvalue weighted by atomic mass is 9.82. The molecule has 4 aliphatic rings. The van der Waals surface area contributed by atoms with E-state index in [0.29, 0.717) is 6.04 Å². The number of allylic oxidation sites excluding steroid dienone is 4. The van der Waals surface area contributed by atoms with Crippen LogP contribution in [0.5, 0.6) is 0 Å². The average molecular weight is 313 g/mol. The van der Waals surface area contributed by atoms with Crippen molar-refractivity contribution in [3.63, 3.8) is 0 Å². The first-order chi connectivity index (χ1) is 10.7. The number of nitrogens with zero attached hydrogens (tertiary/aromatic N) is 2. The van der Waals surface area contributed by atoms with Crippen LogP contribution in [0.3, 0.4) is 0 Å². The number of dihydropyridines is 1. The van der Waals surface area contributed by atoms with Crippen molar-refractivity contribution in [1.29, 1.82) is 0 Å². The maximum Gasteiger partial charge on any atom is 0.254 e. The van der Waals surface area contributed by atoms with E-state index in [9.17, 15) is 4.79 Å². The highest BCUT2D eigenvalue weighted by Crippen LogP contribution is 2.54. The summed E-state index contributed by atoms with van der Waals surface area (Å²) in [5.41, 5.74) is 3.04. The average Bonchev–Trinajstić information content (AvgIpc) is 2.92. The number of nitrogens with one attached hydrogen (secondary N) is 1.